The highest BCUT2D eigenvalue weighted by atomic mass is 32.2. The van der Waals surface area contributed by atoms with Crippen molar-refractivity contribution in [3.63, 3.8) is 0 Å². The van der Waals surface area contributed by atoms with Crippen LogP contribution in [-0.2, 0) is 14.8 Å². The van der Waals surface area contributed by atoms with E-state index in [1.165, 1.54) is 32.1 Å². The average molecular weight is 301 g/mol. The van der Waals surface area contributed by atoms with Gasteiger partial charge < -0.3 is 0 Å². The Morgan fingerprint density at radius 3 is 2.45 bits per heavy atom. The van der Waals surface area contributed by atoms with E-state index in [4.69, 9.17) is 0 Å². The van der Waals surface area contributed by atoms with E-state index in [1.807, 2.05) is 0 Å². The van der Waals surface area contributed by atoms with Crippen molar-refractivity contribution in [1.82, 2.24) is 4.72 Å². The van der Waals surface area contributed by atoms with Crippen LogP contribution in [0.1, 0.15) is 71.6 Å². The number of carbonyl (C=O) groups excluding carboxylic acids is 1. The van der Waals surface area contributed by atoms with Crippen molar-refractivity contribution in [2.75, 3.05) is 0 Å². The summed E-state index contributed by atoms with van der Waals surface area (Å²) in [4.78, 5) is 12.0. The molecule has 0 aliphatic heterocycles. The third-order valence-corrected chi connectivity index (χ3v) is 6.95. The molecule has 0 aromatic rings. The average Bonchev–Trinajstić information content (AvgIpc) is 3.25. The zero-order valence-corrected chi connectivity index (χ0v) is 13.5. The molecule has 0 heterocycles. The summed E-state index contributed by atoms with van der Waals surface area (Å²) in [6, 6.07) is 0. The van der Waals surface area contributed by atoms with Gasteiger partial charge in [0.2, 0.25) is 15.9 Å². The summed E-state index contributed by atoms with van der Waals surface area (Å²) in [5.41, 5.74) is 0. The van der Waals surface area contributed by atoms with Gasteiger partial charge in [-0.3, -0.25) is 9.52 Å². The van der Waals surface area contributed by atoms with Crippen molar-refractivity contribution < 1.29 is 13.2 Å². The minimum absolute atomic E-state index is 0.0571. The molecule has 0 saturated heterocycles. The Hall–Kier alpha value is -0.580. The lowest BCUT2D eigenvalue weighted by Crippen LogP contribution is -2.39. The SMILES string of the molecule is CCCCCCC[C@@H]1C[C@@H]1C(=O)NS(=O)(=O)C1(C)CC1. The smallest absolute Gasteiger partial charge is 0.240 e. The Kier molecular flexibility index (Phi) is 4.77. The van der Waals surface area contributed by atoms with Gasteiger partial charge >= 0.3 is 0 Å². The second-order valence-corrected chi connectivity index (χ2v) is 8.92. The van der Waals surface area contributed by atoms with Gasteiger partial charge in [-0.25, -0.2) is 8.42 Å². The topological polar surface area (TPSA) is 63.2 Å². The molecule has 116 valence electrons. The van der Waals surface area contributed by atoms with Crippen LogP contribution in [0.15, 0.2) is 0 Å². The molecule has 20 heavy (non-hydrogen) atoms. The van der Waals surface area contributed by atoms with Crippen LogP contribution >= 0.6 is 0 Å². The monoisotopic (exact) mass is 301 g/mol. The molecule has 2 fully saturated rings. The van der Waals surface area contributed by atoms with Gasteiger partial charge in [-0.1, -0.05) is 39.0 Å². The van der Waals surface area contributed by atoms with E-state index in [2.05, 4.69) is 11.6 Å². The summed E-state index contributed by atoms with van der Waals surface area (Å²) < 4.78 is 25.5. The maximum Gasteiger partial charge on any atom is 0.240 e. The fourth-order valence-electron chi connectivity index (χ4n) is 2.67. The Morgan fingerprint density at radius 1 is 1.20 bits per heavy atom. The number of hydrogen-bond donors (Lipinski definition) is 1. The van der Waals surface area contributed by atoms with Crippen molar-refractivity contribution in [1.29, 1.82) is 0 Å². The van der Waals surface area contributed by atoms with Gasteiger partial charge in [-0.15, -0.1) is 0 Å². The van der Waals surface area contributed by atoms with E-state index in [0.29, 0.717) is 18.8 Å². The normalized spacial score (nSPS) is 27.1. The Balaban J connectivity index is 1.66. The van der Waals surface area contributed by atoms with E-state index < -0.39 is 14.8 Å². The van der Waals surface area contributed by atoms with Crippen LogP contribution in [0, 0.1) is 11.8 Å². The van der Waals surface area contributed by atoms with Crippen LogP contribution in [0.5, 0.6) is 0 Å². The lowest BCUT2D eigenvalue weighted by atomic mass is 10.1. The Morgan fingerprint density at radius 2 is 1.85 bits per heavy atom. The molecule has 2 saturated carbocycles. The van der Waals surface area contributed by atoms with E-state index in [0.717, 1.165) is 12.8 Å². The van der Waals surface area contributed by atoms with Crippen molar-refractivity contribution >= 4 is 15.9 Å². The largest absolute Gasteiger partial charge is 0.274 e. The molecule has 2 rings (SSSR count). The maximum absolute atomic E-state index is 12.0. The lowest BCUT2D eigenvalue weighted by Gasteiger charge is -2.11. The van der Waals surface area contributed by atoms with Gasteiger partial charge in [0.1, 0.15) is 0 Å². The summed E-state index contributed by atoms with van der Waals surface area (Å²) in [5.74, 6) is 0.0915. The molecule has 1 N–H and O–H groups in total. The molecule has 2 atom stereocenters. The molecule has 5 heteroatoms. The van der Waals surface area contributed by atoms with E-state index >= 15 is 0 Å². The van der Waals surface area contributed by atoms with Crippen LogP contribution < -0.4 is 4.72 Å². The first-order chi connectivity index (χ1) is 9.39. The van der Waals surface area contributed by atoms with E-state index in [-0.39, 0.29) is 11.8 Å². The molecule has 2 aliphatic carbocycles. The van der Waals surface area contributed by atoms with Gasteiger partial charge in [0.25, 0.3) is 0 Å². The van der Waals surface area contributed by atoms with Crippen molar-refractivity contribution in [3.8, 4) is 0 Å². The number of amides is 1. The van der Waals surface area contributed by atoms with Crippen molar-refractivity contribution in [2.24, 2.45) is 11.8 Å². The zero-order chi connectivity index (χ0) is 14.8. The van der Waals surface area contributed by atoms with Gasteiger partial charge in [-0.2, -0.15) is 0 Å². The molecule has 1 amide bonds. The fraction of sp³-hybridized carbons (Fsp3) is 0.933. The van der Waals surface area contributed by atoms with E-state index in [1.54, 1.807) is 6.92 Å². The Bertz CT molecular complexity index is 454. The minimum atomic E-state index is -3.45. The van der Waals surface area contributed by atoms with Crippen molar-refractivity contribution in [2.45, 2.75) is 76.4 Å². The zero-order valence-electron chi connectivity index (χ0n) is 12.7. The minimum Gasteiger partial charge on any atom is -0.274 e. The number of sulfonamides is 1. The molecule has 0 spiro atoms. The van der Waals surface area contributed by atoms with Crippen molar-refractivity contribution in [3.05, 3.63) is 0 Å². The van der Waals surface area contributed by atoms with Crippen LogP contribution in [0.2, 0.25) is 0 Å². The second-order valence-electron chi connectivity index (χ2n) is 6.72. The summed E-state index contributed by atoms with van der Waals surface area (Å²) in [6.07, 6.45) is 9.46. The standard InChI is InChI=1S/C15H27NO3S/c1-3-4-5-6-7-8-12-11-13(12)14(17)16-20(18,19)15(2)9-10-15/h12-13H,3-11H2,1-2H3,(H,16,17)/t12-,13+/m1/s1. The van der Waals surface area contributed by atoms with Gasteiger partial charge in [0, 0.05) is 5.92 Å². The number of unbranched alkanes of at least 4 members (excludes halogenated alkanes) is 4. The van der Waals surface area contributed by atoms with Crippen LogP contribution in [0.25, 0.3) is 0 Å². The van der Waals surface area contributed by atoms with Gasteiger partial charge in [0.15, 0.2) is 0 Å². The second kappa shape index (κ2) is 6.04. The van der Waals surface area contributed by atoms with Crippen LogP contribution in [-0.4, -0.2) is 19.1 Å². The summed E-state index contributed by atoms with van der Waals surface area (Å²) >= 11 is 0. The van der Waals surface area contributed by atoms with Crippen LogP contribution in [0.4, 0.5) is 0 Å². The van der Waals surface area contributed by atoms with Crippen LogP contribution in [0.3, 0.4) is 0 Å². The predicted molar refractivity (Wildman–Crippen MR) is 79.7 cm³/mol. The quantitative estimate of drug-likeness (QED) is 0.666. The fourth-order valence-corrected chi connectivity index (χ4v) is 3.98. The third kappa shape index (κ3) is 3.74. The number of carbonyl (C=O) groups is 1. The molecule has 2 aliphatic rings. The predicted octanol–water partition coefficient (Wildman–Crippen LogP) is 2.98. The first-order valence-electron chi connectivity index (χ1n) is 7.96. The molecule has 4 nitrogen and oxygen atoms in total. The lowest BCUT2D eigenvalue weighted by molar-refractivity contribution is -0.120. The molecule has 0 bridgehead atoms. The number of nitrogens with one attached hydrogen (secondary N) is 1. The molecule has 0 radical (unpaired) electrons. The van der Waals surface area contributed by atoms with E-state index in [9.17, 15) is 13.2 Å². The molecular weight excluding hydrogens is 274 g/mol. The molecule has 0 aromatic heterocycles. The van der Waals surface area contributed by atoms with Gasteiger partial charge in [0.05, 0.1) is 4.75 Å². The summed E-state index contributed by atoms with van der Waals surface area (Å²) in [5, 5.41) is 0. The molecule has 0 unspecified atom stereocenters. The molecular formula is C15H27NO3S. The number of rotatable bonds is 9. The highest BCUT2D eigenvalue weighted by molar-refractivity contribution is 7.91. The highest BCUT2D eigenvalue weighted by Crippen LogP contribution is 2.45. The van der Waals surface area contributed by atoms with Gasteiger partial charge in [-0.05, 0) is 38.5 Å². The third-order valence-electron chi connectivity index (χ3n) is 4.78. The summed E-state index contributed by atoms with van der Waals surface area (Å²) in [6.45, 7) is 3.91. The highest BCUT2D eigenvalue weighted by Gasteiger charge is 2.52. The summed E-state index contributed by atoms with van der Waals surface area (Å²) in [7, 11) is -3.45. The number of hydrogen-bond acceptors (Lipinski definition) is 3. The Labute approximate surface area is 122 Å². The molecule has 0 aromatic carbocycles. The maximum atomic E-state index is 12.0. The first kappa shape index (κ1) is 15.8. The first-order valence-corrected chi connectivity index (χ1v) is 9.44.